The Hall–Kier alpha value is -2.62. The largest absolute Gasteiger partial charge is 0.459 e. The number of ether oxygens (including phenoxy) is 1. The molecule has 4 heteroatoms. The predicted molar refractivity (Wildman–Crippen MR) is 70.5 cm³/mol. The third kappa shape index (κ3) is 2.20. The van der Waals surface area contributed by atoms with Crippen molar-refractivity contribution in [3.63, 3.8) is 0 Å². The maximum Gasteiger partial charge on any atom is 0.363 e. The van der Waals surface area contributed by atoms with Gasteiger partial charge in [-0.2, -0.15) is 0 Å². The van der Waals surface area contributed by atoms with Gasteiger partial charge in [-0.1, -0.05) is 24.3 Å². The maximum absolute atomic E-state index is 11.7. The Morgan fingerprint density at radius 2 is 2.00 bits per heavy atom. The SMILES string of the molecule is Cc1ccccc1/C=C1\N=C(c2ccco2)OC1=O. The van der Waals surface area contributed by atoms with Crippen LogP contribution in [0.15, 0.2) is 57.8 Å². The van der Waals surface area contributed by atoms with Gasteiger partial charge >= 0.3 is 5.97 Å². The topological polar surface area (TPSA) is 51.8 Å². The van der Waals surface area contributed by atoms with Crippen LogP contribution in [0, 0.1) is 6.92 Å². The monoisotopic (exact) mass is 253 g/mol. The molecule has 2 aromatic rings. The molecule has 0 atom stereocenters. The number of aryl methyl sites for hydroxylation is 1. The first-order valence-corrected chi connectivity index (χ1v) is 5.86. The molecule has 0 unspecified atom stereocenters. The second-order valence-corrected chi connectivity index (χ2v) is 4.17. The van der Waals surface area contributed by atoms with E-state index in [1.54, 1.807) is 18.2 Å². The van der Waals surface area contributed by atoms with E-state index in [4.69, 9.17) is 9.15 Å². The molecule has 1 aromatic carbocycles. The molecule has 1 aromatic heterocycles. The lowest BCUT2D eigenvalue weighted by atomic mass is 10.1. The minimum Gasteiger partial charge on any atom is -0.459 e. The molecule has 4 nitrogen and oxygen atoms in total. The standard InChI is InChI=1S/C15H11NO3/c1-10-5-2-3-6-11(10)9-12-15(17)19-14(16-12)13-7-4-8-18-13/h2-9H,1H3/b12-9-. The van der Waals surface area contributed by atoms with Crippen LogP contribution in [0.5, 0.6) is 0 Å². The van der Waals surface area contributed by atoms with Gasteiger partial charge in [0, 0.05) is 0 Å². The summed E-state index contributed by atoms with van der Waals surface area (Å²) in [6, 6.07) is 11.2. The molecular weight excluding hydrogens is 242 g/mol. The maximum atomic E-state index is 11.7. The van der Waals surface area contributed by atoms with Crippen LogP contribution in [0.25, 0.3) is 6.08 Å². The highest BCUT2D eigenvalue weighted by atomic mass is 16.6. The van der Waals surface area contributed by atoms with Crippen LogP contribution in [-0.2, 0) is 9.53 Å². The summed E-state index contributed by atoms with van der Waals surface area (Å²) in [5.74, 6) is 0.186. The summed E-state index contributed by atoms with van der Waals surface area (Å²) in [7, 11) is 0. The van der Waals surface area contributed by atoms with Gasteiger partial charge < -0.3 is 9.15 Å². The molecule has 0 bridgehead atoms. The molecule has 1 aliphatic rings. The van der Waals surface area contributed by atoms with Crippen molar-refractivity contribution < 1.29 is 13.9 Å². The fourth-order valence-electron chi connectivity index (χ4n) is 1.81. The van der Waals surface area contributed by atoms with Crippen molar-refractivity contribution in [1.29, 1.82) is 0 Å². The molecule has 0 saturated heterocycles. The zero-order chi connectivity index (χ0) is 13.2. The quantitative estimate of drug-likeness (QED) is 0.610. The number of aliphatic imine (C=N–C) groups is 1. The minimum atomic E-state index is -0.463. The van der Waals surface area contributed by atoms with Crippen LogP contribution in [0.4, 0.5) is 0 Å². The number of hydrogen-bond acceptors (Lipinski definition) is 4. The number of carbonyl (C=O) groups is 1. The minimum absolute atomic E-state index is 0.204. The summed E-state index contributed by atoms with van der Waals surface area (Å²) in [5, 5.41) is 0. The third-order valence-corrected chi connectivity index (χ3v) is 2.83. The molecule has 19 heavy (non-hydrogen) atoms. The third-order valence-electron chi connectivity index (χ3n) is 2.83. The van der Waals surface area contributed by atoms with Crippen LogP contribution in [-0.4, -0.2) is 11.9 Å². The molecule has 2 heterocycles. The number of cyclic esters (lactones) is 1. The van der Waals surface area contributed by atoms with Gasteiger partial charge in [0.25, 0.3) is 5.90 Å². The molecule has 0 amide bonds. The molecular formula is C15H11NO3. The average molecular weight is 253 g/mol. The number of carbonyl (C=O) groups excluding carboxylic acids is 1. The summed E-state index contributed by atoms with van der Waals surface area (Å²) < 4.78 is 10.2. The van der Waals surface area contributed by atoms with Gasteiger partial charge in [-0.15, -0.1) is 0 Å². The molecule has 0 radical (unpaired) electrons. The smallest absolute Gasteiger partial charge is 0.363 e. The highest BCUT2D eigenvalue weighted by molar-refractivity contribution is 6.11. The van der Waals surface area contributed by atoms with E-state index in [-0.39, 0.29) is 11.6 Å². The average Bonchev–Trinajstić information content (AvgIpc) is 3.02. The lowest BCUT2D eigenvalue weighted by molar-refractivity contribution is -0.130. The van der Waals surface area contributed by atoms with E-state index in [0.717, 1.165) is 11.1 Å². The molecule has 1 aliphatic heterocycles. The van der Waals surface area contributed by atoms with Crippen molar-refractivity contribution in [2.75, 3.05) is 0 Å². The zero-order valence-electron chi connectivity index (χ0n) is 10.3. The Labute approximate surface area is 110 Å². The zero-order valence-corrected chi connectivity index (χ0v) is 10.3. The molecule has 0 N–H and O–H groups in total. The lowest BCUT2D eigenvalue weighted by Gasteiger charge is -1.98. The first-order valence-electron chi connectivity index (χ1n) is 5.86. The summed E-state index contributed by atoms with van der Waals surface area (Å²) in [6.07, 6.45) is 3.22. The van der Waals surface area contributed by atoms with Crippen molar-refractivity contribution in [1.82, 2.24) is 0 Å². The molecule has 0 saturated carbocycles. The first kappa shape index (κ1) is 11.5. The van der Waals surface area contributed by atoms with Gasteiger partial charge in [0.05, 0.1) is 6.26 Å². The summed E-state index contributed by atoms with van der Waals surface area (Å²) in [6.45, 7) is 1.98. The van der Waals surface area contributed by atoms with Gasteiger partial charge in [-0.25, -0.2) is 9.79 Å². The van der Waals surface area contributed by atoms with Gasteiger partial charge in [0.2, 0.25) is 0 Å². The van der Waals surface area contributed by atoms with E-state index in [2.05, 4.69) is 4.99 Å². The normalized spacial score (nSPS) is 16.6. The highest BCUT2D eigenvalue weighted by Crippen LogP contribution is 2.20. The number of hydrogen-bond donors (Lipinski definition) is 0. The van der Waals surface area contributed by atoms with Crippen molar-refractivity contribution in [2.45, 2.75) is 6.92 Å². The van der Waals surface area contributed by atoms with Crippen LogP contribution in [0.2, 0.25) is 0 Å². The van der Waals surface area contributed by atoms with Crippen molar-refractivity contribution in [3.05, 3.63) is 65.2 Å². The molecule has 3 rings (SSSR count). The molecule has 0 fully saturated rings. The molecule has 0 aliphatic carbocycles. The Balaban J connectivity index is 1.98. The van der Waals surface area contributed by atoms with E-state index < -0.39 is 5.97 Å². The van der Waals surface area contributed by atoms with Gasteiger partial charge in [-0.3, -0.25) is 0 Å². The van der Waals surface area contributed by atoms with Gasteiger partial charge in [0.15, 0.2) is 11.5 Å². The second-order valence-electron chi connectivity index (χ2n) is 4.17. The van der Waals surface area contributed by atoms with Crippen LogP contribution >= 0.6 is 0 Å². The predicted octanol–water partition coefficient (Wildman–Crippen LogP) is 2.93. The van der Waals surface area contributed by atoms with Gasteiger partial charge in [-0.05, 0) is 36.3 Å². The van der Waals surface area contributed by atoms with Crippen LogP contribution in [0.1, 0.15) is 16.9 Å². The van der Waals surface area contributed by atoms with Crippen molar-refractivity contribution in [2.24, 2.45) is 4.99 Å². The molecule has 94 valence electrons. The lowest BCUT2D eigenvalue weighted by Crippen LogP contribution is -2.04. The highest BCUT2D eigenvalue weighted by Gasteiger charge is 2.25. The Kier molecular flexibility index (Phi) is 2.76. The Morgan fingerprint density at radius 3 is 2.74 bits per heavy atom. The summed E-state index contributed by atoms with van der Waals surface area (Å²) in [5.41, 5.74) is 2.30. The fraction of sp³-hybridized carbons (Fsp3) is 0.0667. The number of furan rings is 1. The van der Waals surface area contributed by atoms with E-state index >= 15 is 0 Å². The number of nitrogens with zero attached hydrogens (tertiary/aromatic N) is 1. The first-order chi connectivity index (χ1) is 9.24. The molecule has 0 spiro atoms. The Morgan fingerprint density at radius 1 is 1.16 bits per heavy atom. The van der Waals surface area contributed by atoms with E-state index in [0.29, 0.717) is 5.76 Å². The van der Waals surface area contributed by atoms with E-state index in [9.17, 15) is 4.79 Å². The summed E-state index contributed by atoms with van der Waals surface area (Å²) in [4.78, 5) is 15.9. The number of rotatable bonds is 2. The van der Waals surface area contributed by atoms with Crippen LogP contribution < -0.4 is 0 Å². The van der Waals surface area contributed by atoms with Crippen molar-refractivity contribution >= 4 is 17.9 Å². The number of esters is 1. The number of benzene rings is 1. The second kappa shape index (κ2) is 4.57. The van der Waals surface area contributed by atoms with Gasteiger partial charge in [0.1, 0.15) is 0 Å². The Bertz CT molecular complexity index is 681. The van der Waals surface area contributed by atoms with E-state index in [1.165, 1.54) is 6.26 Å². The van der Waals surface area contributed by atoms with Crippen molar-refractivity contribution in [3.8, 4) is 0 Å². The summed E-state index contributed by atoms with van der Waals surface area (Å²) >= 11 is 0. The van der Waals surface area contributed by atoms with Crippen LogP contribution in [0.3, 0.4) is 0 Å². The van der Waals surface area contributed by atoms with E-state index in [1.807, 2.05) is 31.2 Å². The fourth-order valence-corrected chi connectivity index (χ4v) is 1.81.